The van der Waals surface area contributed by atoms with Crippen LogP contribution in [0.15, 0.2) is 18.2 Å². The maximum absolute atomic E-state index is 11.8. The zero-order chi connectivity index (χ0) is 14.4. The SMILES string of the molecule is Cc1cc(Cl)ccc1OCC(=O)N(C)CCC(C)O. The molecule has 1 N–H and O–H groups in total. The molecule has 5 heteroatoms. The number of hydrogen-bond donors (Lipinski definition) is 1. The fraction of sp³-hybridized carbons (Fsp3) is 0.500. The van der Waals surface area contributed by atoms with Gasteiger partial charge in [0.25, 0.3) is 5.91 Å². The fourth-order valence-corrected chi connectivity index (χ4v) is 1.76. The predicted molar refractivity (Wildman–Crippen MR) is 75.6 cm³/mol. The largest absolute Gasteiger partial charge is 0.483 e. The number of rotatable bonds is 6. The van der Waals surface area contributed by atoms with E-state index in [0.717, 1.165) is 5.56 Å². The Kier molecular flexibility index (Phi) is 6.12. The van der Waals surface area contributed by atoms with Crippen LogP contribution < -0.4 is 4.74 Å². The third-order valence-corrected chi connectivity index (χ3v) is 3.03. The molecule has 0 saturated carbocycles. The lowest BCUT2D eigenvalue weighted by Gasteiger charge is -2.18. The average molecular weight is 286 g/mol. The number of amides is 1. The van der Waals surface area contributed by atoms with Crippen LogP contribution in [-0.2, 0) is 4.79 Å². The molecule has 4 nitrogen and oxygen atoms in total. The third kappa shape index (κ3) is 5.49. The molecule has 106 valence electrons. The zero-order valence-corrected chi connectivity index (χ0v) is 12.3. The van der Waals surface area contributed by atoms with Crippen LogP contribution in [0.1, 0.15) is 18.9 Å². The fourth-order valence-electron chi connectivity index (χ4n) is 1.53. The van der Waals surface area contributed by atoms with Gasteiger partial charge in [-0.3, -0.25) is 4.79 Å². The van der Waals surface area contributed by atoms with Crippen LogP contribution in [0, 0.1) is 6.92 Å². The number of hydrogen-bond acceptors (Lipinski definition) is 3. The van der Waals surface area contributed by atoms with E-state index in [1.54, 1.807) is 37.1 Å². The Morgan fingerprint density at radius 1 is 1.53 bits per heavy atom. The summed E-state index contributed by atoms with van der Waals surface area (Å²) in [4.78, 5) is 13.4. The molecule has 0 spiro atoms. The number of carbonyl (C=O) groups is 1. The first-order chi connectivity index (χ1) is 8.90. The van der Waals surface area contributed by atoms with Crippen LogP contribution in [0.25, 0.3) is 0 Å². The standard InChI is InChI=1S/C14H20ClNO3/c1-10-8-12(15)4-5-13(10)19-9-14(18)16(3)7-6-11(2)17/h4-5,8,11,17H,6-7,9H2,1-3H3. The predicted octanol–water partition coefficient (Wildman–Crippen LogP) is 2.26. The molecule has 0 radical (unpaired) electrons. The van der Waals surface area contributed by atoms with Gasteiger partial charge >= 0.3 is 0 Å². The van der Waals surface area contributed by atoms with Gasteiger partial charge in [0, 0.05) is 18.6 Å². The van der Waals surface area contributed by atoms with E-state index in [9.17, 15) is 9.90 Å². The van der Waals surface area contributed by atoms with Gasteiger partial charge in [-0.05, 0) is 44.0 Å². The Labute approximate surface area is 118 Å². The van der Waals surface area contributed by atoms with E-state index < -0.39 is 6.10 Å². The lowest BCUT2D eigenvalue weighted by molar-refractivity contribution is -0.132. The molecule has 0 aliphatic carbocycles. The molecule has 1 unspecified atom stereocenters. The smallest absolute Gasteiger partial charge is 0.260 e. The van der Waals surface area contributed by atoms with Crippen molar-refractivity contribution in [3.05, 3.63) is 28.8 Å². The highest BCUT2D eigenvalue weighted by Crippen LogP contribution is 2.21. The van der Waals surface area contributed by atoms with E-state index in [2.05, 4.69) is 0 Å². The number of benzene rings is 1. The van der Waals surface area contributed by atoms with Crippen molar-refractivity contribution in [2.24, 2.45) is 0 Å². The van der Waals surface area contributed by atoms with Gasteiger partial charge in [0.1, 0.15) is 5.75 Å². The van der Waals surface area contributed by atoms with Crippen molar-refractivity contribution < 1.29 is 14.6 Å². The van der Waals surface area contributed by atoms with Gasteiger partial charge in [0.05, 0.1) is 6.10 Å². The van der Waals surface area contributed by atoms with Crippen LogP contribution in [0.5, 0.6) is 5.75 Å². The van der Waals surface area contributed by atoms with Gasteiger partial charge in [-0.2, -0.15) is 0 Å². The van der Waals surface area contributed by atoms with Crippen molar-refractivity contribution in [1.82, 2.24) is 4.90 Å². The molecule has 0 aliphatic heterocycles. The Balaban J connectivity index is 2.45. The molecule has 0 fully saturated rings. The molecular weight excluding hydrogens is 266 g/mol. The van der Waals surface area contributed by atoms with Crippen LogP contribution in [0.3, 0.4) is 0 Å². The van der Waals surface area contributed by atoms with Crippen LogP contribution in [-0.4, -0.2) is 42.2 Å². The second-order valence-electron chi connectivity index (χ2n) is 4.65. The topological polar surface area (TPSA) is 49.8 Å². The molecule has 1 atom stereocenters. The van der Waals surface area contributed by atoms with Crippen molar-refractivity contribution in [3.63, 3.8) is 0 Å². The van der Waals surface area contributed by atoms with Gasteiger partial charge < -0.3 is 14.7 Å². The number of aliphatic hydroxyl groups excluding tert-OH is 1. The molecule has 0 bridgehead atoms. The van der Waals surface area contributed by atoms with Gasteiger partial charge in [0.15, 0.2) is 6.61 Å². The number of nitrogens with zero attached hydrogens (tertiary/aromatic N) is 1. The van der Waals surface area contributed by atoms with E-state index >= 15 is 0 Å². The highest BCUT2D eigenvalue weighted by atomic mass is 35.5. The summed E-state index contributed by atoms with van der Waals surface area (Å²) in [6, 6.07) is 5.27. The zero-order valence-electron chi connectivity index (χ0n) is 11.5. The molecule has 19 heavy (non-hydrogen) atoms. The molecule has 1 amide bonds. The van der Waals surface area contributed by atoms with E-state index in [1.807, 2.05) is 6.92 Å². The number of aryl methyl sites for hydroxylation is 1. The number of likely N-dealkylation sites (N-methyl/N-ethyl adjacent to an activating group) is 1. The summed E-state index contributed by atoms with van der Waals surface area (Å²) in [5.41, 5.74) is 0.895. The first-order valence-electron chi connectivity index (χ1n) is 6.21. The molecule has 1 aromatic carbocycles. The van der Waals surface area contributed by atoms with Crippen LogP contribution >= 0.6 is 11.6 Å². The van der Waals surface area contributed by atoms with Gasteiger partial charge in [-0.1, -0.05) is 11.6 Å². The molecule has 0 aromatic heterocycles. The van der Waals surface area contributed by atoms with Crippen molar-refractivity contribution in [2.75, 3.05) is 20.2 Å². The summed E-state index contributed by atoms with van der Waals surface area (Å²) in [7, 11) is 1.70. The minimum atomic E-state index is -0.408. The van der Waals surface area contributed by atoms with Crippen molar-refractivity contribution >= 4 is 17.5 Å². The van der Waals surface area contributed by atoms with Gasteiger partial charge in [-0.15, -0.1) is 0 Å². The summed E-state index contributed by atoms with van der Waals surface area (Å²) in [6.45, 7) is 4.08. The van der Waals surface area contributed by atoms with E-state index in [-0.39, 0.29) is 12.5 Å². The Bertz CT molecular complexity index is 435. The van der Waals surface area contributed by atoms with Gasteiger partial charge in [-0.25, -0.2) is 0 Å². The Hall–Kier alpha value is -1.26. The minimum absolute atomic E-state index is 0.0151. The summed E-state index contributed by atoms with van der Waals surface area (Å²) < 4.78 is 5.47. The van der Waals surface area contributed by atoms with Crippen molar-refractivity contribution in [2.45, 2.75) is 26.4 Å². The summed E-state index contributed by atoms with van der Waals surface area (Å²) >= 11 is 5.85. The second kappa shape index (κ2) is 7.36. The lowest BCUT2D eigenvalue weighted by Crippen LogP contribution is -2.33. The highest BCUT2D eigenvalue weighted by molar-refractivity contribution is 6.30. The first kappa shape index (κ1) is 15.8. The summed E-state index contributed by atoms with van der Waals surface area (Å²) in [5.74, 6) is 0.539. The number of ether oxygens (including phenoxy) is 1. The van der Waals surface area contributed by atoms with Crippen molar-refractivity contribution in [1.29, 1.82) is 0 Å². The average Bonchev–Trinajstić information content (AvgIpc) is 2.34. The van der Waals surface area contributed by atoms with Crippen LogP contribution in [0.2, 0.25) is 5.02 Å². The van der Waals surface area contributed by atoms with E-state index in [0.29, 0.717) is 23.7 Å². The summed E-state index contributed by atoms with van der Waals surface area (Å²) in [5, 5.41) is 9.82. The molecule has 0 aliphatic rings. The third-order valence-electron chi connectivity index (χ3n) is 2.80. The molecular formula is C14H20ClNO3. The Morgan fingerprint density at radius 2 is 2.21 bits per heavy atom. The molecule has 0 saturated heterocycles. The number of aliphatic hydroxyl groups is 1. The summed E-state index contributed by atoms with van der Waals surface area (Å²) in [6.07, 6.45) is 0.150. The normalized spacial score (nSPS) is 12.1. The molecule has 0 heterocycles. The molecule has 1 aromatic rings. The Morgan fingerprint density at radius 3 is 2.79 bits per heavy atom. The monoisotopic (exact) mass is 285 g/mol. The van der Waals surface area contributed by atoms with E-state index in [1.165, 1.54) is 0 Å². The number of carbonyl (C=O) groups excluding carboxylic acids is 1. The molecule has 1 rings (SSSR count). The maximum atomic E-state index is 11.8. The van der Waals surface area contributed by atoms with Crippen LogP contribution in [0.4, 0.5) is 0 Å². The maximum Gasteiger partial charge on any atom is 0.260 e. The highest BCUT2D eigenvalue weighted by Gasteiger charge is 2.11. The second-order valence-corrected chi connectivity index (χ2v) is 5.09. The van der Waals surface area contributed by atoms with E-state index in [4.69, 9.17) is 16.3 Å². The first-order valence-corrected chi connectivity index (χ1v) is 6.59. The minimum Gasteiger partial charge on any atom is -0.483 e. The lowest BCUT2D eigenvalue weighted by atomic mass is 10.2. The van der Waals surface area contributed by atoms with Crippen molar-refractivity contribution in [3.8, 4) is 5.75 Å². The quantitative estimate of drug-likeness (QED) is 0.872. The van der Waals surface area contributed by atoms with Gasteiger partial charge in [0.2, 0.25) is 0 Å². The number of halogens is 1.